The number of carboxylic acids is 1. The summed E-state index contributed by atoms with van der Waals surface area (Å²) < 4.78 is 6.99. The molecule has 1 atom stereocenters. The minimum atomic E-state index is -0.950. The molecule has 0 radical (unpaired) electrons. The first-order valence-corrected chi connectivity index (χ1v) is 7.14. The Kier molecular flexibility index (Phi) is 3.94. The van der Waals surface area contributed by atoms with Gasteiger partial charge in [0.1, 0.15) is 5.56 Å². The van der Waals surface area contributed by atoms with Crippen molar-refractivity contribution in [2.75, 3.05) is 13.2 Å². The fraction of sp³-hybridized carbons (Fsp3) is 0.333. The van der Waals surface area contributed by atoms with E-state index >= 15 is 0 Å². The van der Waals surface area contributed by atoms with Crippen LogP contribution in [0.15, 0.2) is 30.5 Å². The highest BCUT2D eigenvalue weighted by molar-refractivity contribution is 6.30. The smallest absolute Gasteiger partial charge is 0.339 e. The number of hydrogen-bond acceptors (Lipinski definition) is 3. The predicted octanol–water partition coefficient (Wildman–Crippen LogP) is 2.79. The number of benzene rings is 1. The first-order chi connectivity index (χ1) is 10.1. The van der Waals surface area contributed by atoms with Crippen LogP contribution >= 0.6 is 11.6 Å². The van der Waals surface area contributed by atoms with E-state index in [0.29, 0.717) is 30.5 Å². The zero-order valence-electron chi connectivity index (χ0n) is 11.3. The van der Waals surface area contributed by atoms with Crippen molar-refractivity contribution in [3.63, 3.8) is 0 Å². The highest BCUT2D eigenvalue weighted by Gasteiger charge is 2.26. The van der Waals surface area contributed by atoms with Gasteiger partial charge in [-0.2, -0.15) is 5.10 Å². The van der Waals surface area contributed by atoms with E-state index in [1.807, 2.05) is 18.2 Å². The van der Waals surface area contributed by atoms with Crippen molar-refractivity contribution in [3.05, 3.63) is 52.3 Å². The monoisotopic (exact) mass is 306 g/mol. The van der Waals surface area contributed by atoms with Crippen LogP contribution < -0.4 is 0 Å². The molecule has 21 heavy (non-hydrogen) atoms. The van der Waals surface area contributed by atoms with E-state index in [2.05, 4.69) is 5.10 Å². The molecule has 1 aromatic heterocycles. The fourth-order valence-electron chi connectivity index (χ4n) is 2.56. The van der Waals surface area contributed by atoms with Gasteiger partial charge in [0.2, 0.25) is 0 Å². The van der Waals surface area contributed by atoms with Gasteiger partial charge in [0.15, 0.2) is 0 Å². The fourth-order valence-corrected chi connectivity index (χ4v) is 2.77. The summed E-state index contributed by atoms with van der Waals surface area (Å²) >= 11 is 5.96. The molecule has 110 valence electrons. The Hall–Kier alpha value is -1.85. The molecule has 0 spiro atoms. The highest BCUT2D eigenvalue weighted by atomic mass is 35.5. The molecule has 6 heteroatoms. The molecule has 2 heterocycles. The summed E-state index contributed by atoms with van der Waals surface area (Å²) in [6, 6.07) is 7.46. The normalized spacial score (nSPS) is 18.0. The van der Waals surface area contributed by atoms with Gasteiger partial charge >= 0.3 is 5.97 Å². The second kappa shape index (κ2) is 5.87. The van der Waals surface area contributed by atoms with Gasteiger partial charge in [0.05, 0.1) is 18.8 Å². The maximum atomic E-state index is 11.4. The first-order valence-electron chi connectivity index (χ1n) is 6.76. The molecule has 5 nitrogen and oxygen atoms in total. The van der Waals surface area contributed by atoms with E-state index in [1.54, 1.807) is 16.9 Å². The van der Waals surface area contributed by atoms with Crippen molar-refractivity contribution >= 4 is 17.6 Å². The molecule has 0 amide bonds. The van der Waals surface area contributed by atoms with Gasteiger partial charge in [-0.05, 0) is 24.1 Å². The van der Waals surface area contributed by atoms with Gasteiger partial charge < -0.3 is 9.84 Å². The topological polar surface area (TPSA) is 64.3 Å². The number of nitrogens with zero attached hydrogens (tertiary/aromatic N) is 2. The van der Waals surface area contributed by atoms with E-state index in [0.717, 1.165) is 12.0 Å². The molecule has 0 aliphatic carbocycles. The average Bonchev–Trinajstić information content (AvgIpc) is 3.06. The molecule has 2 aromatic rings. The SMILES string of the molecule is O=C(O)c1cn(Cc2cccc(Cl)c2)nc1C1CCOC1. The number of halogens is 1. The Labute approximate surface area is 127 Å². The van der Waals surface area contributed by atoms with Crippen LogP contribution in [0.1, 0.15) is 34.0 Å². The molecule has 1 N–H and O–H groups in total. The highest BCUT2D eigenvalue weighted by Crippen LogP contribution is 2.27. The third kappa shape index (κ3) is 3.09. The molecule has 3 rings (SSSR count). The van der Waals surface area contributed by atoms with E-state index in [1.165, 1.54) is 0 Å². The third-order valence-electron chi connectivity index (χ3n) is 3.57. The molecule has 1 aromatic carbocycles. The Bertz CT molecular complexity index is 663. The zero-order valence-corrected chi connectivity index (χ0v) is 12.1. The Morgan fingerprint density at radius 1 is 1.52 bits per heavy atom. The summed E-state index contributed by atoms with van der Waals surface area (Å²) in [5.74, 6) is -0.883. The van der Waals surface area contributed by atoms with Crippen LogP contribution in [0.3, 0.4) is 0 Å². The summed E-state index contributed by atoms with van der Waals surface area (Å²) in [5.41, 5.74) is 1.85. The number of rotatable bonds is 4. The van der Waals surface area contributed by atoms with Gasteiger partial charge in [-0.15, -0.1) is 0 Å². The minimum absolute atomic E-state index is 0.0664. The second-order valence-corrected chi connectivity index (χ2v) is 5.56. The number of hydrogen-bond donors (Lipinski definition) is 1. The largest absolute Gasteiger partial charge is 0.478 e. The van der Waals surface area contributed by atoms with Gasteiger partial charge in [0.25, 0.3) is 0 Å². The van der Waals surface area contributed by atoms with Crippen LogP contribution in [0.4, 0.5) is 0 Å². The number of aromatic nitrogens is 2. The quantitative estimate of drug-likeness (QED) is 0.943. The summed E-state index contributed by atoms with van der Waals surface area (Å²) in [6.45, 7) is 1.69. The molecule has 1 unspecified atom stereocenters. The van der Waals surface area contributed by atoms with Crippen LogP contribution in [0.25, 0.3) is 0 Å². The lowest BCUT2D eigenvalue weighted by atomic mass is 10.0. The maximum Gasteiger partial charge on any atom is 0.339 e. The molecular formula is C15H15ClN2O3. The first kappa shape index (κ1) is 14.1. The van der Waals surface area contributed by atoms with E-state index in [9.17, 15) is 9.90 Å². The Balaban J connectivity index is 1.89. The summed E-state index contributed by atoms with van der Waals surface area (Å²) in [6.07, 6.45) is 2.39. The van der Waals surface area contributed by atoms with Gasteiger partial charge in [0, 0.05) is 23.7 Å². The molecular weight excluding hydrogens is 292 g/mol. The number of carboxylic acid groups (broad SMARTS) is 1. The van der Waals surface area contributed by atoms with Crippen LogP contribution in [-0.2, 0) is 11.3 Å². The molecule has 1 aliphatic rings. The van der Waals surface area contributed by atoms with Gasteiger partial charge in [-0.25, -0.2) is 4.79 Å². The van der Waals surface area contributed by atoms with Gasteiger partial charge in [-0.3, -0.25) is 4.68 Å². The van der Waals surface area contributed by atoms with Crippen molar-refractivity contribution in [3.8, 4) is 0 Å². The van der Waals surface area contributed by atoms with E-state index < -0.39 is 5.97 Å². The summed E-state index contributed by atoms with van der Waals surface area (Å²) in [5, 5.41) is 14.4. The summed E-state index contributed by atoms with van der Waals surface area (Å²) in [7, 11) is 0. The van der Waals surface area contributed by atoms with Crippen LogP contribution in [-0.4, -0.2) is 34.1 Å². The molecule has 1 fully saturated rings. The van der Waals surface area contributed by atoms with Crippen molar-refractivity contribution in [1.29, 1.82) is 0 Å². The number of carbonyl (C=O) groups is 1. The van der Waals surface area contributed by atoms with E-state index in [-0.39, 0.29) is 11.5 Å². The van der Waals surface area contributed by atoms with Crippen LogP contribution in [0.5, 0.6) is 0 Å². The Morgan fingerprint density at radius 3 is 3.05 bits per heavy atom. The van der Waals surface area contributed by atoms with Gasteiger partial charge in [-0.1, -0.05) is 23.7 Å². The molecule has 0 saturated carbocycles. The van der Waals surface area contributed by atoms with Crippen molar-refractivity contribution < 1.29 is 14.6 Å². The van der Waals surface area contributed by atoms with E-state index in [4.69, 9.17) is 16.3 Å². The Morgan fingerprint density at radius 2 is 2.38 bits per heavy atom. The molecule has 0 bridgehead atoms. The minimum Gasteiger partial charge on any atom is -0.478 e. The lowest BCUT2D eigenvalue weighted by Gasteiger charge is -2.05. The zero-order chi connectivity index (χ0) is 14.8. The number of aromatic carboxylic acids is 1. The maximum absolute atomic E-state index is 11.4. The standard InChI is InChI=1S/C15H15ClN2O3/c16-12-3-1-2-10(6-12)7-18-8-13(15(19)20)14(17-18)11-4-5-21-9-11/h1-3,6,8,11H,4-5,7,9H2,(H,19,20). The predicted molar refractivity (Wildman–Crippen MR) is 77.9 cm³/mol. The van der Waals surface area contributed by atoms with Crippen LogP contribution in [0, 0.1) is 0 Å². The molecule has 1 aliphatic heterocycles. The number of ether oxygens (including phenoxy) is 1. The second-order valence-electron chi connectivity index (χ2n) is 5.12. The molecule has 1 saturated heterocycles. The van der Waals surface area contributed by atoms with Crippen LogP contribution in [0.2, 0.25) is 5.02 Å². The van der Waals surface area contributed by atoms with Crippen molar-refractivity contribution in [2.24, 2.45) is 0 Å². The van der Waals surface area contributed by atoms with Crippen molar-refractivity contribution in [1.82, 2.24) is 9.78 Å². The summed E-state index contributed by atoms with van der Waals surface area (Å²) in [4.78, 5) is 11.4. The average molecular weight is 307 g/mol. The lowest BCUT2D eigenvalue weighted by molar-refractivity contribution is 0.0695. The lowest BCUT2D eigenvalue weighted by Crippen LogP contribution is -2.06. The third-order valence-corrected chi connectivity index (χ3v) is 3.81. The van der Waals surface area contributed by atoms with Crippen molar-refractivity contribution in [2.45, 2.75) is 18.9 Å².